The number of hydrogen-bond donors (Lipinski definition) is 0. The normalized spacial score (nSPS) is 14.3. The Morgan fingerprint density at radius 3 is 2.28 bits per heavy atom. The van der Waals surface area contributed by atoms with Crippen LogP contribution in [0.2, 0.25) is 0 Å². The molecule has 1 unspecified atom stereocenters. The summed E-state index contributed by atoms with van der Waals surface area (Å²) < 4.78 is 4.92. The van der Waals surface area contributed by atoms with Gasteiger partial charge in [-0.05, 0) is 108 Å². The van der Waals surface area contributed by atoms with Gasteiger partial charge in [0.2, 0.25) is 0 Å². The van der Waals surface area contributed by atoms with Gasteiger partial charge in [-0.3, -0.25) is 0 Å². The second-order valence-electron chi connectivity index (χ2n) is 15.7. The first-order valence-corrected chi connectivity index (χ1v) is 21.8. The Morgan fingerprint density at radius 2 is 1.43 bits per heavy atom. The molecule has 0 amide bonds. The molecule has 3 heterocycles. The zero-order chi connectivity index (χ0) is 40.2. The Bertz CT molecular complexity index is 3320. The number of aryl methyl sites for hydroxylation is 1. The smallest absolute Gasteiger partial charge is 0.163 e. The molecule has 0 radical (unpaired) electrons. The standard InChI is InChI=1S/C55H42N4S/c1-3-5-17-35(4-2)53-56-54(38-29-31-45-51(33-38)60-50-27-16-25-40(52(45)50)36-18-8-6-9-19-36)58-55(57-53)44-30-28-37-32-47-43-24-14-15-26-48(43)59(39-20-10-7-11-21-39)49(47)34-46(37)42-23-13-12-22-41(42)44/h3,5-27,29,31-34,44H,4,28,30H2,1-2H3/b5-3-,35-17+. The molecular weight excluding hydrogens is 749 g/mol. The molecule has 0 aliphatic heterocycles. The Morgan fingerprint density at radius 1 is 0.650 bits per heavy atom. The van der Waals surface area contributed by atoms with Gasteiger partial charge in [0, 0.05) is 48.1 Å². The summed E-state index contributed by atoms with van der Waals surface area (Å²) in [6, 6.07) is 57.4. The summed E-state index contributed by atoms with van der Waals surface area (Å²) in [6.45, 7) is 4.23. The second-order valence-corrected chi connectivity index (χ2v) is 16.7. The number of para-hydroxylation sites is 2. The van der Waals surface area contributed by atoms with Crippen molar-refractivity contribution in [2.45, 2.75) is 39.0 Å². The molecule has 1 atom stereocenters. The van der Waals surface area contributed by atoms with Crippen LogP contribution in [0.5, 0.6) is 0 Å². The lowest BCUT2D eigenvalue weighted by atomic mass is 9.90. The lowest BCUT2D eigenvalue weighted by Crippen LogP contribution is -2.12. The van der Waals surface area contributed by atoms with E-state index in [-0.39, 0.29) is 5.92 Å². The average molecular weight is 791 g/mol. The Balaban J connectivity index is 1.07. The van der Waals surface area contributed by atoms with Gasteiger partial charge in [-0.15, -0.1) is 11.3 Å². The van der Waals surface area contributed by atoms with Gasteiger partial charge in [0.15, 0.2) is 11.6 Å². The van der Waals surface area contributed by atoms with Gasteiger partial charge in [-0.2, -0.15) is 0 Å². The highest BCUT2D eigenvalue weighted by Gasteiger charge is 2.28. The van der Waals surface area contributed by atoms with Crippen molar-refractivity contribution in [3.8, 4) is 39.3 Å². The molecule has 288 valence electrons. The largest absolute Gasteiger partial charge is 0.309 e. The van der Waals surface area contributed by atoms with Crippen LogP contribution in [0, 0.1) is 0 Å². The first-order valence-electron chi connectivity index (χ1n) is 21.0. The van der Waals surface area contributed by atoms with E-state index in [1.54, 1.807) is 0 Å². The number of benzene rings is 7. The summed E-state index contributed by atoms with van der Waals surface area (Å²) >= 11 is 1.83. The zero-order valence-electron chi connectivity index (χ0n) is 33.6. The first-order chi connectivity index (χ1) is 29.7. The van der Waals surface area contributed by atoms with E-state index in [9.17, 15) is 0 Å². The third kappa shape index (κ3) is 6.08. The van der Waals surface area contributed by atoms with Crippen LogP contribution < -0.4 is 0 Å². The van der Waals surface area contributed by atoms with Crippen LogP contribution in [0.4, 0.5) is 0 Å². The first kappa shape index (κ1) is 36.2. The Hall–Kier alpha value is -6.95. The molecule has 3 aromatic heterocycles. The lowest BCUT2D eigenvalue weighted by molar-refractivity contribution is 0.673. The highest BCUT2D eigenvalue weighted by atomic mass is 32.1. The number of thiophene rings is 1. The quantitative estimate of drug-likeness (QED) is 0.151. The number of aromatic nitrogens is 4. The molecule has 0 spiro atoms. The fourth-order valence-corrected chi connectivity index (χ4v) is 10.5. The van der Waals surface area contributed by atoms with E-state index in [1.807, 2.05) is 18.3 Å². The van der Waals surface area contributed by atoms with Crippen LogP contribution in [0.25, 0.3) is 86.9 Å². The van der Waals surface area contributed by atoms with E-state index in [4.69, 9.17) is 15.0 Å². The monoisotopic (exact) mass is 790 g/mol. The summed E-state index contributed by atoms with van der Waals surface area (Å²) in [5.74, 6) is 2.25. The summed E-state index contributed by atoms with van der Waals surface area (Å²) in [4.78, 5) is 16.0. The number of rotatable bonds is 7. The molecule has 1 aliphatic carbocycles. The van der Waals surface area contributed by atoms with Gasteiger partial charge in [-0.25, -0.2) is 15.0 Å². The molecule has 10 aromatic rings. The van der Waals surface area contributed by atoms with Crippen molar-refractivity contribution < 1.29 is 0 Å². The van der Waals surface area contributed by atoms with Crippen LogP contribution in [0.1, 0.15) is 55.4 Å². The van der Waals surface area contributed by atoms with Gasteiger partial charge in [0.25, 0.3) is 0 Å². The van der Waals surface area contributed by atoms with E-state index in [2.05, 4.69) is 187 Å². The average Bonchev–Trinajstić information content (AvgIpc) is 3.79. The molecule has 0 N–H and O–H groups in total. The molecule has 0 bridgehead atoms. The SMILES string of the molecule is C/C=C\C=C(/CC)c1nc(-c2ccc3c(c2)sc2cccc(-c4ccccc4)c23)nc(C2CCc3cc4c5ccccc5n(-c5ccccc5)c4cc3-c3ccccc32)n1. The molecule has 60 heavy (non-hydrogen) atoms. The predicted octanol–water partition coefficient (Wildman–Crippen LogP) is 14.8. The maximum atomic E-state index is 5.43. The second kappa shape index (κ2) is 15.0. The van der Waals surface area contributed by atoms with Crippen molar-refractivity contribution in [2.75, 3.05) is 0 Å². The third-order valence-corrected chi connectivity index (χ3v) is 13.3. The molecule has 0 saturated carbocycles. The van der Waals surface area contributed by atoms with Crippen LogP contribution in [0.3, 0.4) is 0 Å². The van der Waals surface area contributed by atoms with Gasteiger partial charge in [-0.1, -0.05) is 140 Å². The summed E-state index contributed by atoms with van der Waals surface area (Å²) in [5.41, 5.74) is 13.3. The molecule has 7 aromatic carbocycles. The van der Waals surface area contributed by atoms with Crippen molar-refractivity contribution in [1.29, 1.82) is 0 Å². The van der Waals surface area contributed by atoms with Crippen molar-refractivity contribution in [1.82, 2.24) is 19.5 Å². The molecule has 0 fully saturated rings. The summed E-state index contributed by atoms with van der Waals surface area (Å²) in [5, 5.41) is 5.10. The van der Waals surface area contributed by atoms with E-state index in [0.717, 1.165) is 47.7 Å². The fraction of sp³-hybridized carbons (Fsp3) is 0.109. The van der Waals surface area contributed by atoms with Crippen molar-refractivity contribution >= 4 is 58.9 Å². The van der Waals surface area contributed by atoms with E-state index >= 15 is 0 Å². The third-order valence-electron chi connectivity index (χ3n) is 12.2. The molecule has 1 aliphatic rings. The van der Waals surface area contributed by atoms with Crippen LogP contribution in [0.15, 0.2) is 176 Å². The fourth-order valence-electron chi connectivity index (χ4n) is 9.35. The maximum absolute atomic E-state index is 5.43. The van der Waals surface area contributed by atoms with Crippen molar-refractivity contribution in [3.05, 3.63) is 199 Å². The minimum Gasteiger partial charge on any atom is -0.309 e. The highest BCUT2D eigenvalue weighted by Crippen LogP contribution is 2.45. The van der Waals surface area contributed by atoms with Gasteiger partial charge in [0.1, 0.15) is 5.82 Å². The van der Waals surface area contributed by atoms with Gasteiger partial charge < -0.3 is 4.57 Å². The van der Waals surface area contributed by atoms with Gasteiger partial charge >= 0.3 is 0 Å². The zero-order valence-corrected chi connectivity index (χ0v) is 34.5. The van der Waals surface area contributed by atoms with E-state index in [0.29, 0.717) is 5.82 Å². The summed E-state index contributed by atoms with van der Waals surface area (Å²) in [7, 11) is 0. The van der Waals surface area contributed by atoms with E-state index < -0.39 is 0 Å². The lowest BCUT2D eigenvalue weighted by Gasteiger charge is -2.18. The van der Waals surface area contributed by atoms with Crippen LogP contribution in [-0.4, -0.2) is 19.5 Å². The molecule has 4 nitrogen and oxygen atoms in total. The Labute approximate surface area is 353 Å². The van der Waals surface area contributed by atoms with E-state index in [1.165, 1.54) is 75.4 Å². The number of hydrogen-bond acceptors (Lipinski definition) is 4. The van der Waals surface area contributed by atoms with Crippen LogP contribution >= 0.6 is 11.3 Å². The molecular formula is C55H42N4S. The molecule has 5 heteroatoms. The summed E-state index contributed by atoms with van der Waals surface area (Å²) in [6.07, 6.45) is 8.89. The predicted molar refractivity (Wildman–Crippen MR) is 253 cm³/mol. The van der Waals surface area contributed by atoms with Crippen LogP contribution in [-0.2, 0) is 6.42 Å². The number of fused-ring (bicyclic) bond motifs is 9. The molecule has 0 saturated heterocycles. The highest BCUT2D eigenvalue weighted by molar-refractivity contribution is 7.26. The van der Waals surface area contributed by atoms with Crippen molar-refractivity contribution in [2.24, 2.45) is 0 Å². The number of nitrogens with zero attached hydrogens (tertiary/aromatic N) is 4. The number of allylic oxidation sites excluding steroid dienone is 4. The minimum absolute atomic E-state index is 0.0252. The maximum Gasteiger partial charge on any atom is 0.163 e. The molecule has 11 rings (SSSR count). The minimum atomic E-state index is -0.0252. The Kier molecular flexibility index (Phi) is 9.05. The van der Waals surface area contributed by atoms with Gasteiger partial charge in [0.05, 0.1) is 11.0 Å². The topological polar surface area (TPSA) is 43.6 Å². The van der Waals surface area contributed by atoms with Crippen molar-refractivity contribution in [3.63, 3.8) is 0 Å².